The van der Waals surface area contributed by atoms with Crippen LogP contribution in [0.1, 0.15) is 5.56 Å². The van der Waals surface area contributed by atoms with Crippen LogP contribution in [-0.4, -0.2) is 60.1 Å². The molecule has 0 bridgehead atoms. The van der Waals surface area contributed by atoms with Gasteiger partial charge >= 0.3 is 6.18 Å². The number of hydrogen-bond acceptors (Lipinski definition) is 4. The molecule has 2 aromatic rings. The summed E-state index contributed by atoms with van der Waals surface area (Å²) in [5, 5.41) is 2.32. The zero-order valence-corrected chi connectivity index (χ0v) is 17.3. The van der Waals surface area contributed by atoms with Crippen LogP contribution in [0.4, 0.5) is 23.2 Å². The van der Waals surface area contributed by atoms with Crippen molar-refractivity contribution in [2.75, 3.05) is 43.8 Å². The van der Waals surface area contributed by atoms with E-state index in [-0.39, 0.29) is 29.7 Å². The second-order valence-corrected chi connectivity index (χ2v) is 7.98. The van der Waals surface area contributed by atoms with E-state index in [0.29, 0.717) is 31.1 Å². The van der Waals surface area contributed by atoms with Gasteiger partial charge in [-0.15, -0.1) is 11.8 Å². The van der Waals surface area contributed by atoms with Gasteiger partial charge in [-0.05, 0) is 24.3 Å². The Morgan fingerprint density at radius 1 is 0.968 bits per heavy atom. The third-order valence-electron chi connectivity index (χ3n) is 4.79. The predicted molar refractivity (Wildman–Crippen MR) is 110 cm³/mol. The summed E-state index contributed by atoms with van der Waals surface area (Å²) in [7, 11) is 0. The lowest BCUT2D eigenvalue weighted by molar-refractivity contribution is -0.137. The molecule has 166 valence electrons. The Labute approximate surface area is 181 Å². The van der Waals surface area contributed by atoms with E-state index in [0.717, 1.165) is 17.8 Å². The summed E-state index contributed by atoms with van der Waals surface area (Å²) < 4.78 is 52.8. The number of halogens is 4. The highest BCUT2D eigenvalue weighted by atomic mass is 32.2. The zero-order valence-electron chi connectivity index (χ0n) is 16.5. The number of rotatable bonds is 6. The molecule has 2 aromatic carbocycles. The molecule has 0 aromatic heterocycles. The van der Waals surface area contributed by atoms with Crippen molar-refractivity contribution in [3.05, 3.63) is 59.9 Å². The van der Waals surface area contributed by atoms with Crippen molar-refractivity contribution in [2.24, 2.45) is 0 Å². The molecule has 0 atom stereocenters. The number of benzene rings is 2. The Hall–Kier alpha value is -2.59. The van der Waals surface area contributed by atoms with Crippen LogP contribution in [0.25, 0.3) is 0 Å². The lowest BCUT2D eigenvalue weighted by atomic mass is 10.1. The number of carbonyl (C=O) groups excluding carboxylic acids is 2. The number of para-hydroxylation sites is 1. The van der Waals surface area contributed by atoms with E-state index >= 15 is 0 Å². The van der Waals surface area contributed by atoms with Crippen LogP contribution < -0.4 is 5.32 Å². The first-order valence-corrected chi connectivity index (χ1v) is 10.6. The summed E-state index contributed by atoms with van der Waals surface area (Å²) in [5.74, 6) is -0.943. The highest BCUT2D eigenvalue weighted by molar-refractivity contribution is 8.00. The van der Waals surface area contributed by atoms with Gasteiger partial charge < -0.3 is 10.2 Å². The maximum Gasteiger partial charge on any atom is 0.418 e. The molecule has 0 saturated carbocycles. The number of anilines is 1. The summed E-state index contributed by atoms with van der Waals surface area (Å²) in [4.78, 5) is 28.4. The number of nitrogens with one attached hydrogen (secondary N) is 1. The number of nitrogens with zero attached hydrogens (tertiary/aromatic N) is 2. The molecule has 1 aliphatic heterocycles. The molecular weight excluding hydrogens is 434 g/mol. The summed E-state index contributed by atoms with van der Waals surface area (Å²) in [6.45, 7) is 1.55. The summed E-state index contributed by atoms with van der Waals surface area (Å²) in [5.41, 5.74) is -1.18. The standard InChI is InChI=1S/C21H21F4N3O2S/c22-16-6-2-4-8-18(16)31-14-20(30)28-11-9-27(10-12-28)13-19(29)26-17-7-3-1-5-15(17)21(23,24)25/h1-8H,9-14H2,(H,26,29). The molecule has 0 radical (unpaired) electrons. The van der Waals surface area contributed by atoms with Crippen molar-refractivity contribution in [2.45, 2.75) is 11.1 Å². The average Bonchev–Trinajstić information content (AvgIpc) is 2.73. The number of carbonyl (C=O) groups is 2. The second kappa shape index (κ2) is 10.1. The Bertz CT molecular complexity index is 931. The predicted octanol–water partition coefficient (Wildman–Crippen LogP) is 3.72. The monoisotopic (exact) mass is 455 g/mol. The van der Waals surface area contributed by atoms with Crippen LogP contribution in [0.15, 0.2) is 53.4 Å². The molecule has 3 rings (SSSR count). The Morgan fingerprint density at radius 3 is 2.29 bits per heavy atom. The summed E-state index contributed by atoms with van der Waals surface area (Å²) in [6, 6.07) is 11.0. The van der Waals surface area contributed by atoms with Gasteiger partial charge in [0.05, 0.1) is 23.5 Å². The van der Waals surface area contributed by atoms with Crippen molar-refractivity contribution >= 4 is 29.3 Å². The van der Waals surface area contributed by atoms with Gasteiger partial charge in [-0.25, -0.2) is 4.39 Å². The SMILES string of the molecule is O=C(CN1CCN(C(=O)CSc2ccccc2F)CC1)Nc1ccccc1C(F)(F)F. The quantitative estimate of drug-likeness (QED) is 0.533. The van der Waals surface area contributed by atoms with Gasteiger partial charge in [0.2, 0.25) is 11.8 Å². The van der Waals surface area contributed by atoms with Crippen LogP contribution in [0, 0.1) is 5.82 Å². The molecule has 1 saturated heterocycles. The minimum atomic E-state index is -4.56. The first-order valence-electron chi connectivity index (χ1n) is 9.57. The first kappa shape index (κ1) is 23.1. The van der Waals surface area contributed by atoms with Crippen LogP contribution in [-0.2, 0) is 15.8 Å². The van der Waals surface area contributed by atoms with E-state index < -0.39 is 17.6 Å². The molecule has 0 unspecified atom stereocenters. The van der Waals surface area contributed by atoms with Gasteiger partial charge in [-0.3, -0.25) is 14.5 Å². The number of amides is 2. The van der Waals surface area contributed by atoms with Crippen LogP contribution in [0.5, 0.6) is 0 Å². The van der Waals surface area contributed by atoms with E-state index in [2.05, 4.69) is 5.32 Å². The molecule has 0 aliphatic carbocycles. The molecular formula is C21H21F4N3O2S. The minimum Gasteiger partial charge on any atom is -0.339 e. The van der Waals surface area contributed by atoms with Crippen molar-refractivity contribution in [1.29, 1.82) is 0 Å². The molecule has 1 aliphatic rings. The highest BCUT2D eigenvalue weighted by Gasteiger charge is 2.33. The van der Waals surface area contributed by atoms with E-state index in [9.17, 15) is 27.2 Å². The first-order chi connectivity index (χ1) is 14.7. The molecule has 5 nitrogen and oxygen atoms in total. The fraction of sp³-hybridized carbons (Fsp3) is 0.333. The molecule has 0 spiro atoms. The van der Waals surface area contributed by atoms with Gasteiger partial charge in [-0.2, -0.15) is 13.2 Å². The maximum atomic E-state index is 13.6. The molecule has 2 amide bonds. The molecule has 1 N–H and O–H groups in total. The maximum absolute atomic E-state index is 13.6. The smallest absolute Gasteiger partial charge is 0.339 e. The van der Waals surface area contributed by atoms with Gasteiger partial charge in [0.15, 0.2) is 0 Å². The summed E-state index contributed by atoms with van der Waals surface area (Å²) >= 11 is 1.13. The number of alkyl halides is 3. The minimum absolute atomic E-state index is 0.0712. The lowest BCUT2D eigenvalue weighted by Crippen LogP contribution is -2.50. The van der Waals surface area contributed by atoms with Crippen LogP contribution >= 0.6 is 11.8 Å². The number of thioether (sulfide) groups is 1. The fourth-order valence-electron chi connectivity index (χ4n) is 3.18. The Kier molecular flexibility index (Phi) is 7.55. The van der Waals surface area contributed by atoms with E-state index in [1.54, 1.807) is 28.0 Å². The van der Waals surface area contributed by atoms with E-state index in [1.807, 2.05) is 0 Å². The molecule has 1 heterocycles. The average molecular weight is 455 g/mol. The number of piperazine rings is 1. The fourth-order valence-corrected chi connectivity index (χ4v) is 4.02. The molecule has 31 heavy (non-hydrogen) atoms. The van der Waals surface area contributed by atoms with Crippen molar-refractivity contribution < 1.29 is 27.2 Å². The molecule has 10 heteroatoms. The van der Waals surface area contributed by atoms with Gasteiger partial charge in [0.25, 0.3) is 0 Å². The largest absolute Gasteiger partial charge is 0.418 e. The van der Waals surface area contributed by atoms with Gasteiger partial charge in [-0.1, -0.05) is 24.3 Å². The Balaban J connectivity index is 1.45. The summed E-state index contributed by atoms with van der Waals surface area (Å²) in [6.07, 6.45) is -4.56. The van der Waals surface area contributed by atoms with Crippen LogP contribution in [0.2, 0.25) is 0 Å². The van der Waals surface area contributed by atoms with Crippen molar-refractivity contribution in [3.63, 3.8) is 0 Å². The number of hydrogen-bond donors (Lipinski definition) is 1. The van der Waals surface area contributed by atoms with Crippen molar-refractivity contribution in [1.82, 2.24) is 9.80 Å². The topological polar surface area (TPSA) is 52.7 Å². The normalized spacial score (nSPS) is 15.0. The second-order valence-electron chi connectivity index (χ2n) is 6.97. The van der Waals surface area contributed by atoms with Gasteiger partial charge in [0, 0.05) is 31.1 Å². The van der Waals surface area contributed by atoms with E-state index in [1.165, 1.54) is 24.3 Å². The highest BCUT2D eigenvalue weighted by Crippen LogP contribution is 2.34. The Morgan fingerprint density at radius 2 is 1.61 bits per heavy atom. The van der Waals surface area contributed by atoms with E-state index in [4.69, 9.17) is 0 Å². The lowest BCUT2D eigenvalue weighted by Gasteiger charge is -2.34. The molecule has 1 fully saturated rings. The van der Waals surface area contributed by atoms with Crippen molar-refractivity contribution in [3.8, 4) is 0 Å². The zero-order chi connectivity index (χ0) is 22.4. The van der Waals surface area contributed by atoms with Crippen LogP contribution in [0.3, 0.4) is 0 Å². The third kappa shape index (κ3) is 6.44. The third-order valence-corrected chi connectivity index (χ3v) is 5.82. The van der Waals surface area contributed by atoms with Gasteiger partial charge in [0.1, 0.15) is 5.82 Å².